The SMILES string of the molecule is Cl.O=[N+]([O-])c1cnc(Cl)c2ccccc12.O=[N+]([O-])c1cnc(N2CC[C@H](c3ccccc3)C2)c2ccccc12.c1ccc(C2CCCC2)cc1. The predicted octanol–water partition coefficient (Wildman–Crippen LogP) is 10.7. The third kappa shape index (κ3) is 8.35. The summed E-state index contributed by atoms with van der Waals surface area (Å²) in [7, 11) is 0. The molecule has 9 nitrogen and oxygen atoms in total. The van der Waals surface area contributed by atoms with Crippen molar-refractivity contribution in [3.05, 3.63) is 158 Å². The van der Waals surface area contributed by atoms with E-state index in [4.69, 9.17) is 11.6 Å². The van der Waals surface area contributed by atoms with Crippen molar-refractivity contribution < 1.29 is 9.85 Å². The van der Waals surface area contributed by atoms with Crippen LogP contribution in [0.4, 0.5) is 17.2 Å². The molecule has 3 heterocycles. The highest BCUT2D eigenvalue weighted by Crippen LogP contribution is 2.36. The zero-order valence-corrected chi connectivity index (χ0v) is 28.9. The van der Waals surface area contributed by atoms with Crippen LogP contribution in [0.2, 0.25) is 5.15 Å². The Morgan fingerprint density at radius 3 is 1.62 bits per heavy atom. The first-order chi connectivity index (χ1) is 23.9. The smallest absolute Gasteiger partial charge is 0.295 e. The van der Waals surface area contributed by atoms with Crippen LogP contribution >= 0.6 is 24.0 Å². The molecular formula is C39H37Cl2N5O4. The Labute approximate surface area is 301 Å². The van der Waals surface area contributed by atoms with Crippen LogP contribution < -0.4 is 4.90 Å². The molecule has 0 N–H and O–H groups in total. The molecule has 8 rings (SSSR count). The Hall–Kier alpha value is -5.12. The van der Waals surface area contributed by atoms with Crippen LogP contribution in [-0.2, 0) is 0 Å². The Morgan fingerprint density at radius 2 is 1.06 bits per heavy atom. The fraction of sp³-hybridized carbons (Fsp3) is 0.231. The van der Waals surface area contributed by atoms with Gasteiger partial charge < -0.3 is 4.90 Å². The second-order valence-electron chi connectivity index (χ2n) is 12.2. The lowest BCUT2D eigenvalue weighted by molar-refractivity contribution is -0.383. The van der Waals surface area contributed by atoms with E-state index in [1.54, 1.807) is 35.9 Å². The standard InChI is InChI=1S/C19H17N3O2.C11H14.C9H5ClN2O2.ClH/c23-22(24)18-12-20-19(17-9-5-4-8-16(17)18)21-11-10-15(13-21)14-6-2-1-3-7-14;1-2-6-10(7-3-1)11-8-4-5-9-11;10-9-7-4-2-1-3-6(7)8(5-11-9)12(13)14;/h1-9,12,15H,10-11,13H2;1-3,6-7,11H,4-5,8-9H2;1-5H;1H/t15-;;;/m0.../s1. The van der Waals surface area contributed by atoms with E-state index in [1.807, 2.05) is 24.3 Å². The Balaban J connectivity index is 0.000000159. The van der Waals surface area contributed by atoms with Crippen molar-refractivity contribution >= 4 is 62.7 Å². The lowest BCUT2D eigenvalue weighted by Gasteiger charge is -2.19. The van der Waals surface area contributed by atoms with Crippen LogP contribution in [-0.4, -0.2) is 32.9 Å². The van der Waals surface area contributed by atoms with Crippen LogP contribution in [0.1, 0.15) is 55.1 Å². The minimum absolute atomic E-state index is 0. The molecule has 11 heteroatoms. The fourth-order valence-corrected chi connectivity index (χ4v) is 7.00. The van der Waals surface area contributed by atoms with Crippen molar-refractivity contribution in [2.24, 2.45) is 0 Å². The Bertz CT molecular complexity index is 2060. The number of anilines is 1. The zero-order chi connectivity index (χ0) is 34.2. The van der Waals surface area contributed by atoms with Gasteiger partial charge in [0.15, 0.2) is 0 Å². The van der Waals surface area contributed by atoms with E-state index in [2.05, 4.69) is 69.5 Å². The summed E-state index contributed by atoms with van der Waals surface area (Å²) in [5.74, 6) is 2.19. The normalized spacial score (nSPS) is 15.4. The molecule has 50 heavy (non-hydrogen) atoms. The van der Waals surface area contributed by atoms with Crippen molar-refractivity contribution in [3.8, 4) is 0 Å². The summed E-state index contributed by atoms with van der Waals surface area (Å²) in [4.78, 5) is 31.5. The summed E-state index contributed by atoms with van der Waals surface area (Å²) >= 11 is 5.80. The Kier molecular flexibility index (Phi) is 12.3. The summed E-state index contributed by atoms with van der Waals surface area (Å²) in [5, 5.41) is 24.8. The number of aromatic nitrogens is 2. The molecule has 4 aromatic carbocycles. The average molecular weight is 711 g/mol. The molecule has 0 radical (unpaired) electrons. The van der Waals surface area contributed by atoms with E-state index < -0.39 is 4.92 Å². The molecule has 0 spiro atoms. The van der Waals surface area contributed by atoms with Gasteiger partial charge in [0.2, 0.25) is 0 Å². The van der Waals surface area contributed by atoms with E-state index in [9.17, 15) is 20.2 Å². The van der Waals surface area contributed by atoms with Crippen molar-refractivity contribution in [2.45, 2.75) is 43.9 Å². The van der Waals surface area contributed by atoms with Crippen LogP contribution in [0.5, 0.6) is 0 Å². The summed E-state index contributed by atoms with van der Waals surface area (Å²) in [5.41, 5.74) is 2.93. The van der Waals surface area contributed by atoms with Gasteiger partial charge >= 0.3 is 0 Å². The first-order valence-electron chi connectivity index (χ1n) is 16.4. The fourth-order valence-electron chi connectivity index (χ4n) is 6.78. The van der Waals surface area contributed by atoms with E-state index in [0.29, 0.717) is 22.1 Å². The maximum Gasteiger partial charge on any atom is 0.295 e. The molecule has 0 amide bonds. The van der Waals surface area contributed by atoms with Gasteiger partial charge in [-0.15, -0.1) is 12.4 Å². The number of rotatable bonds is 5. The number of hydrogen-bond acceptors (Lipinski definition) is 7. The molecule has 2 aliphatic rings. The number of pyridine rings is 2. The highest BCUT2D eigenvalue weighted by molar-refractivity contribution is 6.34. The number of halogens is 2. The number of benzene rings is 4. The van der Waals surface area contributed by atoms with Crippen molar-refractivity contribution in [2.75, 3.05) is 18.0 Å². The summed E-state index contributed by atoms with van der Waals surface area (Å²) in [6.07, 6.45) is 9.29. The lowest BCUT2D eigenvalue weighted by Crippen LogP contribution is -2.20. The van der Waals surface area contributed by atoms with Crippen molar-refractivity contribution in [1.29, 1.82) is 0 Å². The monoisotopic (exact) mass is 709 g/mol. The van der Waals surface area contributed by atoms with Gasteiger partial charge in [-0.3, -0.25) is 20.2 Å². The average Bonchev–Trinajstić information content (AvgIpc) is 3.87. The molecule has 1 aliphatic heterocycles. The minimum Gasteiger partial charge on any atom is -0.355 e. The van der Waals surface area contributed by atoms with E-state index >= 15 is 0 Å². The maximum absolute atomic E-state index is 11.2. The van der Waals surface area contributed by atoms with Crippen molar-refractivity contribution in [3.63, 3.8) is 0 Å². The second-order valence-corrected chi connectivity index (χ2v) is 12.6. The Morgan fingerprint density at radius 1 is 0.600 bits per heavy atom. The third-order valence-electron chi connectivity index (χ3n) is 9.26. The van der Waals surface area contributed by atoms with Crippen LogP contribution in [0, 0.1) is 20.2 Å². The van der Waals surface area contributed by atoms with Gasteiger partial charge in [-0.05, 0) is 48.4 Å². The molecule has 0 unspecified atom stereocenters. The quantitative estimate of drug-likeness (QED) is 0.0993. The highest BCUT2D eigenvalue weighted by atomic mass is 35.5. The summed E-state index contributed by atoms with van der Waals surface area (Å²) in [6.45, 7) is 1.80. The molecule has 2 aromatic heterocycles. The summed E-state index contributed by atoms with van der Waals surface area (Å²) < 4.78 is 0. The molecule has 1 aliphatic carbocycles. The molecule has 0 bridgehead atoms. The van der Waals surface area contributed by atoms with Gasteiger partial charge in [0.1, 0.15) is 23.4 Å². The molecular weight excluding hydrogens is 673 g/mol. The number of nitro groups is 2. The maximum atomic E-state index is 11.2. The van der Waals surface area contributed by atoms with Gasteiger partial charge in [0, 0.05) is 29.8 Å². The molecule has 256 valence electrons. The van der Waals surface area contributed by atoms with E-state index in [0.717, 1.165) is 36.6 Å². The van der Waals surface area contributed by atoms with Crippen LogP contribution in [0.3, 0.4) is 0 Å². The highest BCUT2D eigenvalue weighted by Gasteiger charge is 2.27. The van der Waals surface area contributed by atoms with E-state index in [-0.39, 0.29) is 33.9 Å². The molecule has 1 atom stereocenters. The molecule has 6 aromatic rings. The third-order valence-corrected chi connectivity index (χ3v) is 9.56. The van der Waals surface area contributed by atoms with Gasteiger partial charge in [0.05, 0.1) is 20.6 Å². The van der Waals surface area contributed by atoms with E-state index in [1.165, 1.54) is 43.6 Å². The second kappa shape index (κ2) is 17.0. The molecule has 1 saturated carbocycles. The number of nitrogens with zero attached hydrogens (tertiary/aromatic N) is 5. The van der Waals surface area contributed by atoms with Crippen LogP contribution in [0.15, 0.2) is 122 Å². The van der Waals surface area contributed by atoms with Gasteiger partial charge in [-0.1, -0.05) is 122 Å². The predicted molar refractivity (Wildman–Crippen MR) is 203 cm³/mol. The van der Waals surface area contributed by atoms with Gasteiger partial charge in [0.25, 0.3) is 11.4 Å². The van der Waals surface area contributed by atoms with Crippen LogP contribution in [0.25, 0.3) is 21.5 Å². The summed E-state index contributed by atoms with van der Waals surface area (Å²) in [6, 6.07) is 35.7. The van der Waals surface area contributed by atoms with Crippen molar-refractivity contribution in [1.82, 2.24) is 9.97 Å². The van der Waals surface area contributed by atoms with Gasteiger partial charge in [-0.25, -0.2) is 9.97 Å². The van der Waals surface area contributed by atoms with Gasteiger partial charge in [-0.2, -0.15) is 0 Å². The minimum atomic E-state index is -0.467. The molecule has 1 saturated heterocycles. The zero-order valence-electron chi connectivity index (χ0n) is 27.3. The first-order valence-corrected chi connectivity index (χ1v) is 16.8. The topological polar surface area (TPSA) is 115 Å². The number of fused-ring (bicyclic) bond motifs is 2. The molecule has 2 fully saturated rings. The first kappa shape index (κ1) is 36.2. The number of hydrogen-bond donors (Lipinski definition) is 0. The lowest BCUT2D eigenvalue weighted by atomic mass is 9.98. The largest absolute Gasteiger partial charge is 0.355 e.